The lowest BCUT2D eigenvalue weighted by atomic mass is 10.1. The molecule has 34 heavy (non-hydrogen) atoms. The summed E-state index contributed by atoms with van der Waals surface area (Å²) in [6, 6.07) is 11.9. The van der Waals surface area contributed by atoms with Gasteiger partial charge in [0, 0.05) is 25.8 Å². The molecule has 1 heterocycles. The standard InChI is InChI=1S/C22H25N3O8S/c1-24(22(28)31-2)19-6-4-3-5-18(19)21(27)33-15-20(26)23-16-7-9-17(10-8-16)34(29,30)25-11-13-32-14-12-25/h3-10H,11-15H2,1-2H3,(H,23,26). The van der Waals surface area contributed by atoms with Crippen LogP contribution in [0.15, 0.2) is 53.4 Å². The van der Waals surface area contributed by atoms with E-state index in [9.17, 15) is 22.8 Å². The fraction of sp³-hybridized carbons (Fsp3) is 0.318. The predicted octanol–water partition coefficient (Wildman–Crippen LogP) is 1.71. The molecule has 0 unspecified atom stereocenters. The van der Waals surface area contributed by atoms with E-state index in [4.69, 9.17) is 9.47 Å². The number of morpholine rings is 1. The molecule has 0 radical (unpaired) electrons. The Kier molecular flexibility index (Phi) is 8.21. The summed E-state index contributed by atoms with van der Waals surface area (Å²) >= 11 is 0. The molecule has 1 saturated heterocycles. The van der Waals surface area contributed by atoms with Crippen LogP contribution in [0.3, 0.4) is 0 Å². The Morgan fingerprint density at radius 3 is 2.35 bits per heavy atom. The first-order valence-electron chi connectivity index (χ1n) is 10.3. The minimum atomic E-state index is -3.64. The molecule has 0 aliphatic carbocycles. The Hall–Kier alpha value is -3.48. The highest BCUT2D eigenvalue weighted by atomic mass is 32.2. The predicted molar refractivity (Wildman–Crippen MR) is 122 cm³/mol. The van der Waals surface area contributed by atoms with Gasteiger partial charge >= 0.3 is 12.1 Å². The van der Waals surface area contributed by atoms with Gasteiger partial charge in [-0.3, -0.25) is 9.69 Å². The molecule has 12 heteroatoms. The number of hydrogen-bond acceptors (Lipinski definition) is 8. The third kappa shape index (κ3) is 5.90. The number of ether oxygens (including phenoxy) is 3. The van der Waals surface area contributed by atoms with Crippen LogP contribution in [0.25, 0.3) is 0 Å². The van der Waals surface area contributed by atoms with E-state index in [-0.39, 0.29) is 29.2 Å². The maximum absolute atomic E-state index is 12.7. The van der Waals surface area contributed by atoms with E-state index in [1.165, 1.54) is 48.8 Å². The summed E-state index contributed by atoms with van der Waals surface area (Å²) < 4.78 is 41.6. The Labute approximate surface area is 197 Å². The summed E-state index contributed by atoms with van der Waals surface area (Å²) in [6.07, 6.45) is -0.669. The lowest BCUT2D eigenvalue weighted by Gasteiger charge is -2.26. The van der Waals surface area contributed by atoms with Gasteiger partial charge in [0.25, 0.3) is 5.91 Å². The SMILES string of the molecule is COC(=O)N(C)c1ccccc1C(=O)OCC(=O)Nc1ccc(S(=O)(=O)N2CCOCC2)cc1. The lowest BCUT2D eigenvalue weighted by molar-refractivity contribution is -0.119. The highest BCUT2D eigenvalue weighted by Gasteiger charge is 2.26. The maximum atomic E-state index is 12.7. The lowest BCUT2D eigenvalue weighted by Crippen LogP contribution is -2.40. The van der Waals surface area contributed by atoms with Crippen LogP contribution in [0.4, 0.5) is 16.2 Å². The Morgan fingerprint density at radius 1 is 1.06 bits per heavy atom. The fourth-order valence-corrected chi connectivity index (χ4v) is 4.63. The molecule has 1 aliphatic rings. The van der Waals surface area contributed by atoms with Gasteiger partial charge in [0.2, 0.25) is 10.0 Å². The summed E-state index contributed by atoms with van der Waals surface area (Å²) in [5.41, 5.74) is 0.686. The topological polar surface area (TPSA) is 132 Å². The Bertz CT molecular complexity index is 1140. The van der Waals surface area contributed by atoms with Gasteiger partial charge in [-0.2, -0.15) is 4.31 Å². The molecule has 1 aliphatic heterocycles. The molecule has 0 atom stereocenters. The van der Waals surface area contributed by atoms with E-state index < -0.39 is 34.6 Å². The van der Waals surface area contributed by atoms with Crippen molar-refractivity contribution in [1.29, 1.82) is 0 Å². The number of sulfonamides is 1. The average molecular weight is 492 g/mol. The highest BCUT2D eigenvalue weighted by molar-refractivity contribution is 7.89. The highest BCUT2D eigenvalue weighted by Crippen LogP contribution is 2.21. The molecule has 182 valence electrons. The van der Waals surface area contributed by atoms with Crippen molar-refractivity contribution in [3.05, 3.63) is 54.1 Å². The quantitative estimate of drug-likeness (QED) is 0.579. The normalized spacial score (nSPS) is 14.2. The van der Waals surface area contributed by atoms with Gasteiger partial charge in [-0.25, -0.2) is 18.0 Å². The first-order chi connectivity index (χ1) is 16.2. The zero-order chi connectivity index (χ0) is 24.7. The van der Waals surface area contributed by atoms with Crippen molar-refractivity contribution >= 4 is 39.4 Å². The van der Waals surface area contributed by atoms with Crippen LogP contribution in [0.5, 0.6) is 0 Å². The van der Waals surface area contributed by atoms with Gasteiger partial charge < -0.3 is 19.5 Å². The molecule has 0 bridgehead atoms. The van der Waals surface area contributed by atoms with Gasteiger partial charge in [0.1, 0.15) is 0 Å². The summed E-state index contributed by atoms with van der Waals surface area (Å²) in [4.78, 5) is 37.7. The van der Waals surface area contributed by atoms with Gasteiger partial charge in [0.05, 0.1) is 36.5 Å². The minimum Gasteiger partial charge on any atom is -0.452 e. The molecule has 1 N–H and O–H groups in total. The molecule has 0 saturated carbocycles. The van der Waals surface area contributed by atoms with Crippen LogP contribution in [-0.4, -0.2) is 77.8 Å². The number of para-hydroxylation sites is 1. The van der Waals surface area contributed by atoms with Crippen molar-refractivity contribution in [3.8, 4) is 0 Å². The zero-order valence-electron chi connectivity index (χ0n) is 18.7. The number of methoxy groups -OCH3 is 1. The second-order valence-corrected chi connectivity index (χ2v) is 9.15. The summed E-state index contributed by atoms with van der Waals surface area (Å²) in [5.74, 6) is -1.41. The molecule has 11 nitrogen and oxygen atoms in total. The third-order valence-corrected chi connectivity index (χ3v) is 6.93. The van der Waals surface area contributed by atoms with Crippen molar-refractivity contribution in [2.75, 3.05) is 57.3 Å². The van der Waals surface area contributed by atoms with Gasteiger partial charge in [-0.15, -0.1) is 0 Å². The van der Waals surface area contributed by atoms with Gasteiger partial charge in [-0.1, -0.05) is 12.1 Å². The maximum Gasteiger partial charge on any atom is 0.413 e. The van der Waals surface area contributed by atoms with Crippen molar-refractivity contribution < 1.29 is 37.0 Å². The Balaban J connectivity index is 1.59. The Morgan fingerprint density at radius 2 is 1.71 bits per heavy atom. The van der Waals surface area contributed by atoms with Crippen molar-refractivity contribution in [2.45, 2.75) is 4.90 Å². The summed E-state index contributed by atoms with van der Waals surface area (Å²) in [7, 11) is -0.989. The molecule has 3 rings (SSSR count). The number of nitrogens with one attached hydrogen (secondary N) is 1. The fourth-order valence-electron chi connectivity index (χ4n) is 3.23. The summed E-state index contributed by atoms with van der Waals surface area (Å²) in [5, 5.41) is 2.54. The van der Waals surface area contributed by atoms with Crippen LogP contribution in [-0.2, 0) is 29.0 Å². The third-order valence-electron chi connectivity index (χ3n) is 5.01. The van der Waals surface area contributed by atoms with Gasteiger partial charge in [0.15, 0.2) is 6.61 Å². The minimum absolute atomic E-state index is 0.0841. The molecular weight excluding hydrogens is 466 g/mol. The van der Waals surface area contributed by atoms with E-state index in [0.717, 1.165) is 4.90 Å². The number of carbonyl (C=O) groups excluding carboxylic acids is 3. The number of esters is 1. The number of anilines is 2. The van der Waals surface area contributed by atoms with Crippen LogP contribution >= 0.6 is 0 Å². The molecular formula is C22H25N3O8S. The van der Waals surface area contributed by atoms with Crippen molar-refractivity contribution in [2.24, 2.45) is 0 Å². The van der Waals surface area contributed by atoms with Crippen LogP contribution in [0.1, 0.15) is 10.4 Å². The van der Waals surface area contributed by atoms with E-state index in [2.05, 4.69) is 10.1 Å². The average Bonchev–Trinajstić information content (AvgIpc) is 2.87. The number of hydrogen-bond donors (Lipinski definition) is 1. The van der Waals surface area contributed by atoms with Crippen LogP contribution < -0.4 is 10.2 Å². The number of nitrogens with zero attached hydrogens (tertiary/aromatic N) is 2. The number of carbonyl (C=O) groups is 3. The number of rotatable bonds is 7. The largest absolute Gasteiger partial charge is 0.452 e. The second kappa shape index (κ2) is 11.1. The van der Waals surface area contributed by atoms with E-state index >= 15 is 0 Å². The first kappa shape index (κ1) is 25.1. The van der Waals surface area contributed by atoms with Crippen LogP contribution in [0.2, 0.25) is 0 Å². The molecule has 1 fully saturated rings. The van der Waals surface area contributed by atoms with E-state index in [1.54, 1.807) is 18.2 Å². The molecule has 0 aromatic heterocycles. The smallest absolute Gasteiger partial charge is 0.413 e. The second-order valence-electron chi connectivity index (χ2n) is 7.21. The monoisotopic (exact) mass is 491 g/mol. The van der Waals surface area contributed by atoms with E-state index in [1.807, 2.05) is 0 Å². The first-order valence-corrected chi connectivity index (χ1v) is 11.7. The van der Waals surface area contributed by atoms with Crippen molar-refractivity contribution in [1.82, 2.24) is 4.31 Å². The number of benzene rings is 2. The molecule has 2 amide bonds. The van der Waals surface area contributed by atoms with Gasteiger partial charge in [-0.05, 0) is 36.4 Å². The molecule has 0 spiro atoms. The van der Waals surface area contributed by atoms with Crippen molar-refractivity contribution in [3.63, 3.8) is 0 Å². The van der Waals surface area contributed by atoms with Crippen LogP contribution in [0, 0.1) is 0 Å². The van der Waals surface area contributed by atoms with E-state index in [0.29, 0.717) is 18.9 Å². The molecule has 2 aromatic carbocycles. The zero-order valence-corrected chi connectivity index (χ0v) is 19.5. The summed E-state index contributed by atoms with van der Waals surface area (Å²) in [6.45, 7) is 0.670. The molecule has 2 aromatic rings. The number of amides is 2.